The first-order valence-electron chi connectivity index (χ1n) is 3.78. The molecule has 10 heavy (non-hydrogen) atoms. The molecule has 2 nitrogen and oxygen atoms in total. The molecule has 1 rings (SSSR count). The summed E-state index contributed by atoms with van der Waals surface area (Å²) in [4.78, 5) is 0. The van der Waals surface area contributed by atoms with Gasteiger partial charge in [-0.25, -0.2) is 0 Å². The van der Waals surface area contributed by atoms with E-state index in [9.17, 15) is 0 Å². The Morgan fingerprint density at radius 3 is 3.10 bits per heavy atom. The summed E-state index contributed by atoms with van der Waals surface area (Å²) in [7, 11) is 0. The van der Waals surface area contributed by atoms with Crippen molar-refractivity contribution < 1.29 is 5.11 Å². The third-order valence-corrected chi connectivity index (χ3v) is 2.79. The maximum absolute atomic E-state index is 8.94. The second-order valence-corrected chi connectivity index (χ2v) is 3.97. The van der Waals surface area contributed by atoms with E-state index in [4.69, 9.17) is 5.11 Å². The molecule has 0 aromatic heterocycles. The van der Waals surface area contributed by atoms with Gasteiger partial charge in [-0.15, -0.1) is 0 Å². The van der Waals surface area contributed by atoms with Crippen molar-refractivity contribution in [2.45, 2.75) is 25.5 Å². The van der Waals surface area contributed by atoms with Gasteiger partial charge < -0.3 is 10.4 Å². The van der Waals surface area contributed by atoms with Crippen LogP contribution in [0.3, 0.4) is 0 Å². The maximum atomic E-state index is 8.94. The minimum Gasteiger partial charge on any atom is -0.392 e. The number of hydrogen-bond donors (Lipinski definition) is 2. The summed E-state index contributed by atoms with van der Waals surface area (Å²) >= 11 is 1.99. The Kier molecular flexibility index (Phi) is 3.52. The van der Waals surface area contributed by atoms with Crippen LogP contribution in [0, 0.1) is 0 Å². The molecule has 1 aliphatic heterocycles. The Morgan fingerprint density at radius 1 is 1.80 bits per heavy atom. The lowest BCUT2D eigenvalue weighted by atomic mass is 10.2. The number of nitrogens with one attached hydrogen (secondary N) is 1. The first-order chi connectivity index (χ1) is 4.79. The predicted octanol–water partition coefficient (Wildman–Crippen LogP) is 0.462. The summed E-state index contributed by atoms with van der Waals surface area (Å²) in [6, 6.07) is 0.652. The molecule has 2 unspecified atom stereocenters. The van der Waals surface area contributed by atoms with Gasteiger partial charge in [0.05, 0.1) is 6.10 Å². The zero-order chi connectivity index (χ0) is 7.40. The SMILES string of the molecule is CC(O)CNC1CCSC1. The van der Waals surface area contributed by atoms with Crippen molar-refractivity contribution in [2.75, 3.05) is 18.1 Å². The molecule has 2 N–H and O–H groups in total. The first-order valence-corrected chi connectivity index (χ1v) is 4.93. The summed E-state index contributed by atoms with van der Waals surface area (Å²) < 4.78 is 0. The van der Waals surface area contributed by atoms with Gasteiger partial charge in [-0.1, -0.05) is 0 Å². The van der Waals surface area contributed by atoms with Gasteiger partial charge >= 0.3 is 0 Å². The summed E-state index contributed by atoms with van der Waals surface area (Å²) in [5, 5.41) is 12.3. The Bertz CT molecular complexity index is 91.6. The van der Waals surface area contributed by atoms with Crippen molar-refractivity contribution in [3.63, 3.8) is 0 Å². The van der Waals surface area contributed by atoms with E-state index in [0.29, 0.717) is 6.04 Å². The zero-order valence-corrected chi connectivity index (χ0v) is 7.16. The third-order valence-electron chi connectivity index (χ3n) is 1.63. The normalized spacial score (nSPS) is 28.8. The molecule has 1 saturated heterocycles. The lowest BCUT2D eigenvalue weighted by Gasteiger charge is -2.11. The predicted molar refractivity (Wildman–Crippen MR) is 45.4 cm³/mol. The molecule has 3 heteroatoms. The molecular weight excluding hydrogens is 146 g/mol. The average molecular weight is 161 g/mol. The van der Waals surface area contributed by atoms with Crippen LogP contribution in [-0.4, -0.2) is 35.3 Å². The second-order valence-electron chi connectivity index (χ2n) is 2.82. The minimum atomic E-state index is -0.203. The Balaban J connectivity index is 2.01. The average Bonchev–Trinajstić information content (AvgIpc) is 2.34. The number of aliphatic hydroxyl groups is 1. The number of thioether (sulfide) groups is 1. The summed E-state index contributed by atoms with van der Waals surface area (Å²) in [6.45, 7) is 2.56. The lowest BCUT2D eigenvalue weighted by molar-refractivity contribution is 0.187. The zero-order valence-electron chi connectivity index (χ0n) is 6.34. The fraction of sp³-hybridized carbons (Fsp3) is 1.00. The van der Waals surface area contributed by atoms with Crippen molar-refractivity contribution in [1.29, 1.82) is 0 Å². The van der Waals surface area contributed by atoms with E-state index < -0.39 is 0 Å². The van der Waals surface area contributed by atoms with Crippen molar-refractivity contribution >= 4 is 11.8 Å². The smallest absolute Gasteiger partial charge is 0.0636 e. The first kappa shape index (κ1) is 8.37. The summed E-state index contributed by atoms with van der Waals surface area (Å²) in [5.41, 5.74) is 0. The van der Waals surface area contributed by atoms with Gasteiger partial charge in [0.1, 0.15) is 0 Å². The van der Waals surface area contributed by atoms with Crippen LogP contribution in [0.1, 0.15) is 13.3 Å². The highest BCUT2D eigenvalue weighted by molar-refractivity contribution is 7.99. The van der Waals surface area contributed by atoms with Gasteiger partial charge in [-0.3, -0.25) is 0 Å². The van der Waals surface area contributed by atoms with Gasteiger partial charge in [0.2, 0.25) is 0 Å². The second kappa shape index (κ2) is 4.21. The van der Waals surface area contributed by atoms with Crippen LogP contribution in [0.15, 0.2) is 0 Å². The van der Waals surface area contributed by atoms with Crippen LogP contribution < -0.4 is 5.32 Å². The van der Waals surface area contributed by atoms with E-state index in [-0.39, 0.29) is 6.10 Å². The fourth-order valence-corrected chi connectivity index (χ4v) is 2.22. The highest BCUT2D eigenvalue weighted by Crippen LogP contribution is 2.16. The van der Waals surface area contributed by atoms with Gasteiger partial charge in [0.15, 0.2) is 0 Å². The molecule has 0 aromatic carbocycles. The fourth-order valence-electron chi connectivity index (χ4n) is 1.03. The molecule has 1 aliphatic rings. The van der Waals surface area contributed by atoms with E-state index in [2.05, 4.69) is 5.32 Å². The molecular formula is C7H15NOS. The van der Waals surface area contributed by atoms with E-state index in [1.54, 1.807) is 0 Å². The molecule has 0 aliphatic carbocycles. The van der Waals surface area contributed by atoms with Gasteiger partial charge in [0.25, 0.3) is 0 Å². The molecule has 0 aromatic rings. The van der Waals surface area contributed by atoms with Crippen LogP contribution in [0.25, 0.3) is 0 Å². The quantitative estimate of drug-likeness (QED) is 0.631. The molecule has 1 heterocycles. The van der Waals surface area contributed by atoms with Gasteiger partial charge in [-0.2, -0.15) is 11.8 Å². The molecule has 0 spiro atoms. The van der Waals surface area contributed by atoms with E-state index >= 15 is 0 Å². The van der Waals surface area contributed by atoms with E-state index in [1.807, 2.05) is 18.7 Å². The maximum Gasteiger partial charge on any atom is 0.0636 e. The Hall–Kier alpha value is 0.270. The van der Waals surface area contributed by atoms with Crippen LogP contribution in [-0.2, 0) is 0 Å². The molecule has 60 valence electrons. The number of hydrogen-bond acceptors (Lipinski definition) is 3. The molecule has 2 atom stereocenters. The van der Waals surface area contributed by atoms with Gasteiger partial charge in [-0.05, 0) is 19.1 Å². The van der Waals surface area contributed by atoms with Crippen LogP contribution in [0.5, 0.6) is 0 Å². The van der Waals surface area contributed by atoms with Crippen LogP contribution >= 0.6 is 11.8 Å². The van der Waals surface area contributed by atoms with Crippen molar-refractivity contribution in [3.05, 3.63) is 0 Å². The van der Waals surface area contributed by atoms with Gasteiger partial charge in [0, 0.05) is 18.3 Å². The standard InChI is InChI=1S/C7H15NOS/c1-6(9)4-8-7-2-3-10-5-7/h6-9H,2-5H2,1H3. The highest BCUT2D eigenvalue weighted by atomic mass is 32.2. The Morgan fingerprint density at radius 2 is 2.60 bits per heavy atom. The van der Waals surface area contributed by atoms with Crippen LogP contribution in [0.2, 0.25) is 0 Å². The summed E-state index contributed by atoms with van der Waals surface area (Å²) in [6.07, 6.45) is 1.06. The van der Waals surface area contributed by atoms with Crippen molar-refractivity contribution in [1.82, 2.24) is 5.32 Å². The number of rotatable bonds is 3. The molecule has 0 bridgehead atoms. The molecule has 1 fully saturated rings. The minimum absolute atomic E-state index is 0.203. The molecule has 0 radical (unpaired) electrons. The highest BCUT2D eigenvalue weighted by Gasteiger charge is 2.14. The van der Waals surface area contributed by atoms with Crippen LogP contribution in [0.4, 0.5) is 0 Å². The van der Waals surface area contributed by atoms with Crippen molar-refractivity contribution in [2.24, 2.45) is 0 Å². The number of aliphatic hydroxyl groups excluding tert-OH is 1. The molecule has 0 amide bonds. The molecule has 0 saturated carbocycles. The monoisotopic (exact) mass is 161 g/mol. The summed E-state index contributed by atoms with van der Waals surface area (Å²) in [5.74, 6) is 2.49. The Labute approximate surface area is 66.4 Å². The van der Waals surface area contributed by atoms with E-state index in [1.165, 1.54) is 17.9 Å². The topological polar surface area (TPSA) is 32.3 Å². The van der Waals surface area contributed by atoms with Crippen molar-refractivity contribution in [3.8, 4) is 0 Å². The largest absolute Gasteiger partial charge is 0.392 e. The third kappa shape index (κ3) is 2.90. The van der Waals surface area contributed by atoms with E-state index in [0.717, 1.165) is 6.54 Å². The lowest BCUT2D eigenvalue weighted by Crippen LogP contribution is -2.34.